The molecule has 0 spiro atoms. The van der Waals surface area contributed by atoms with Crippen molar-refractivity contribution in [1.82, 2.24) is 10.2 Å². The van der Waals surface area contributed by atoms with Crippen molar-refractivity contribution in [3.8, 4) is 6.07 Å². The van der Waals surface area contributed by atoms with E-state index in [4.69, 9.17) is 17.3 Å². The van der Waals surface area contributed by atoms with Crippen LogP contribution in [0.2, 0.25) is 5.02 Å². The summed E-state index contributed by atoms with van der Waals surface area (Å²) in [6.07, 6.45) is 0.970. The number of rotatable bonds is 6. The minimum Gasteiger partial charge on any atom is -0.384 e. The first-order chi connectivity index (χ1) is 18.6. The molecule has 2 heterocycles. The molecule has 39 heavy (non-hydrogen) atoms. The van der Waals surface area contributed by atoms with Gasteiger partial charge in [0.05, 0.1) is 23.3 Å². The molecule has 0 radical (unpaired) electrons. The summed E-state index contributed by atoms with van der Waals surface area (Å²) in [5, 5.41) is 19.9. The summed E-state index contributed by atoms with van der Waals surface area (Å²) < 4.78 is 0.586. The zero-order valence-corrected chi connectivity index (χ0v) is 24.1. The summed E-state index contributed by atoms with van der Waals surface area (Å²) >= 11 is 8.48. The lowest BCUT2D eigenvalue weighted by atomic mass is 9.68. The highest BCUT2D eigenvalue weighted by molar-refractivity contribution is 8.01. The van der Waals surface area contributed by atoms with Crippen LogP contribution in [0.3, 0.4) is 0 Å². The Morgan fingerprint density at radius 1 is 1.18 bits per heavy atom. The van der Waals surface area contributed by atoms with Gasteiger partial charge in [-0.15, -0.1) is 10.2 Å². The summed E-state index contributed by atoms with van der Waals surface area (Å²) in [6.45, 7) is 6.10. The number of ketones is 2. The predicted molar refractivity (Wildman–Crippen MR) is 155 cm³/mol. The summed E-state index contributed by atoms with van der Waals surface area (Å²) in [5.74, 6) is -0.158. The number of hydrogen-bond donors (Lipinski definition) is 1. The Labute approximate surface area is 240 Å². The molecular weight excluding hydrogens is 550 g/mol. The molecular formula is C29H26ClN5O2S2. The quantitative estimate of drug-likeness (QED) is 0.265. The molecule has 0 saturated carbocycles. The highest BCUT2D eigenvalue weighted by Gasteiger charge is 2.45. The Bertz CT molecular complexity index is 1570. The highest BCUT2D eigenvalue weighted by atomic mass is 35.5. The van der Waals surface area contributed by atoms with Crippen molar-refractivity contribution < 1.29 is 9.59 Å². The van der Waals surface area contributed by atoms with Gasteiger partial charge in [0, 0.05) is 28.3 Å². The van der Waals surface area contributed by atoms with Crippen molar-refractivity contribution >= 4 is 51.4 Å². The van der Waals surface area contributed by atoms with E-state index < -0.39 is 5.92 Å². The number of nitrogens with two attached hydrogens (primary N) is 1. The molecule has 0 amide bonds. The molecule has 0 fully saturated rings. The first kappa shape index (κ1) is 27.1. The number of carbonyl (C=O) groups excluding carboxylic acids is 2. The number of nitriles is 1. The number of nitrogens with zero attached hydrogens (tertiary/aromatic N) is 4. The molecule has 5 rings (SSSR count). The maximum Gasteiger partial charge on any atom is 0.219 e. The fourth-order valence-electron chi connectivity index (χ4n) is 5.02. The van der Waals surface area contributed by atoms with Gasteiger partial charge >= 0.3 is 0 Å². The van der Waals surface area contributed by atoms with Crippen LogP contribution >= 0.6 is 34.7 Å². The molecule has 2 aromatic carbocycles. The predicted octanol–water partition coefficient (Wildman–Crippen LogP) is 6.42. The monoisotopic (exact) mass is 575 g/mol. The van der Waals surface area contributed by atoms with Crippen LogP contribution in [0.4, 0.5) is 5.13 Å². The Morgan fingerprint density at radius 2 is 1.87 bits per heavy atom. The van der Waals surface area contributed by atoms with E-state index in [0.29, 0.717) is 44.0 Å². The fraction of sp³-hybridized carbons (Fsp3) is 0.276. The lowest BCUT2D eigenvalue weighted by molar-refractivity contribution is -0.118. The van der Waals surface area contributed by atoms with Gasteiger partial charge in [0.15, 0.2) is 15.9 Å². The van der Waals surface area contributed by atoms with Crippen LogP contribution in [-0.2, 0) is 4.79 Å². The summed E-state index contributed by atoms with van der Waals surface area (Å²) in [5.41, 5.74) is 10.6. The van der Waals surface area contributed by atoms with Crippen molar-refractivity contribution in [2.24, 2.45) is 11.1 Å². The van der Waals surface area contributed by atoms with E-state index in [1.54, 1.807) is 29.2 Å². The summed E-state index contributed by atoms with van der Waals surface area (Å²) in [6, 6.07) is 16.9. The number of allylic oxidation sites excluding steroid dienone is 3. The number of thioether (sulfide) groups is 1. The maximum atomic E-state index is 13.6. The van der Waals surface area contributed by atoms with Crippen LogP contribution in [0.25, 0.3) is 0 Å². The van der Waals surface area contributed by atoms with E-state index in [1.807, 2.05) is 31.2 Å². The highest BCUT2D eigenvalue weighted by Crippen LogP contribution is 2.50. The number of carbonyl (C=O) groups is 2. The number of anilines is 1. The van der Waals surface area contributed by atoms with Crippen molar-refractivity contribution in [2.45, 2.75) is 43.9 Å². The second-order valence-corrected chi connectivity index (χ2v) is 13.1. The molecule has 0 bridgehead atoms. The molecule has 1 aliphatic heterocycles. The zero-order valence-electron chi connectivity index (χ0n) is 21.7. The molecule has 1 aliphatic carbocycles. The van der Waals surface area contributed by atoms with Crippen molar-refractivity contribution in [2.75, 3.05) is 10.7 Å². The number of benzene rings is 2. The largest absolute Gasteiger partial charge is 0.384 e. The molecule has 1 atom stereocenters. The molecule has 1 unspecified atom stereocenters. The maximum absolute atomic E-state index is 13.6. The van der Waals surface area contributed by atoms with Crippen molar-refractivity contribution in [3.63, 3.8) is 0 Å². The Balaban J connectivity index is 1.51. The second kappa shape index (κ2) is 10.6. The Hall–Kier alpha value is -3.45. The van der Waals surface area contributed by atoms with E-state index >= 15 is 0 Å². The summed E-state index contributed by atoms with van der Waals surface area (Å²) in [7, 11) is 0. The molecule has 3 aromatic rings. The zero-order chi connectivity index (χ0) is 27.9. The van der Waals surface area contributed by atoms with Gasteiger partial charge in [-0.25, -0.2) is 0 Å². The van der Waals surface area contributed by atoms with Gasteiger partial charge in [0.2, 0.25) is 5.13 Å². The normalized spacial score (nSPS) is 18.7. The van der Waals surface area contributed by atoms with E-state index in [0.717, 1.165) is 16.8 Å². The van der Waals surface area contributed by atoms with Gasteiger partial charge in [0.25, 0.3) is 0 Å². The van der Waals surface area contributed by atoms with Crippen molar-refractivity contribution in [3.05, 3.63) is 92.9 Å². The lowest BCUT2D eigenvalue weighted by Gasteiger charge is -2.42. The van der Waals surface area contributed by atoms with Crippen LogP contribution in [-0.4, -0.2) is 27.5 Å². The number of aryl methyl sites for hydroxylation is 1. The Kier molecular flexibility index (Phi) is 7.38. The molecule has 1 aromatic heterocycles. The third kappa shape index (κ3) is 5.37. The molecule has 198 valence electrons. The molecule has 2 aliphatic rings. The van der Waals surface area contributed by atoms with Gasteiger partial charge in [-0.1, -0.05) is 78.4 Å². The third-order valence-corrected chi connectivity index (χ3v) is 9.17. The van der Waals surface area contributed by atoms with Crippen LogP contribution in [0, 0.1) is 23.7 Å². The standard InChI is InChI=1S/C29H26ClN5O2S2/c1-16-4-6-18(7-5-16)24-20(14-31)26(32)35(21-12-29(2,3)13-22(36)25(21)24)27-33-34-28(39-27)38-15-23(37)17-8-10-19(30)11-9-17/h4-11,24H,12-13,15,32H2,1-3H3. The van der Waals surface area contributed by atoms with Gasteiger partial charge in [-0.2, -0.15) is 5.26 Å². The average Bonchev–Trinajstić information content (AvgIpc) is 3.35. The SMILES string of the molecule is Cc1ccc(C2C(C#N)=C(N)N(c3nnc(SCC(=O)c4ccc(Cl)cc4)s3)C3=C2C(=O)CC(C)(C)C3)cc1. The average molecular weight is 576 g/mol. The fourth-order valence-corrected chi connectivity index (χ4v) is 6.92. The first-order valence-corrected chi connectivity index (χ1v) is 14.5. The summed E-state index contributed by atoms with van der Waals surface area (Å²) in [4.78, 5) is 28.0. The van der Waals surface area contributed by atoms with E-state index in [1.165, 1.54) is 23.1 Å². The number of halogens is 1. The van der Waals surface area contributed by atoms with E-state index in [-0.39, 0.29) is 28.6 Å². The number of Topliss-reactive ketones (excluding diaryl/α,β-unsaturated/α-hetero) is 2. The third-order valence-electron chi connectivity index (χ3n) is 6.87. The topological polar surface area (TPSA) is 113 Å². The van der Waals surface area contributed by atoms with Gasteiger partial charge in [-0.3, -0.25) is 14.5 Å². The van der Waals surface area contributed by atoms with Gasteiger partial charge in [0.1, 0.15) is 5.82 Å². The van der Waals surface area contributed by atoms with Crippen molar-refractivity contribution in [1.29, 1.82) is 5.26 Å². The Morgan fingerprint density at radius 3 is 2.54 bits per heavy atom. The second-order valence-electron chi connectivity index (χ2n) is 10.5. The van der Waals surface area contributed by atoms with Gasteiger partial charge < -0.3 is 5.73 Å². The molecule has 7 nitrogen and oxygen atoms in total. The van der Waals surface area contributed by atoms with Crippen LogP contribution in [0.15, 0.2) is 75.5 Å². The van der Waals surface area contributed by atoms with Crippen LogP contribution < -0.4 is 10.6 Å². The lowest BCUT2D eigenvalue weighted by Crippen LogP contribution is -2.42. The smallest absolute Gasteiger partial charge is 0.219 e. The minimum absolute atomic E-state index is 0.00440. The molecule has 0 saturated heterocycles. The molecule has 2 N–H and O–H groups in total. The van der Waals surface area contributed by atoms with Gasteiger partial charge in [-0.05, 0) is 48.6 Å². The van der Waals surface area contributed by atoms with Crippen LogP contribution in [0.1, 0.15) is 54.1 Å². The minimum atomic E-state index is -0.538. The first-order valence-electron chi connectivity index (χ1n) is 12.4. The van der Waals surface area contributed by atoms with Crippen LogP contribution in [0.5, 0.6) is 0 Å². The number of hydrogen-bond acceptors (Lipinski definition) is 9. The molecule has 10 heteroatoms. The van der Waals surface area contributed by atoms with E-state index in [2.05, 4.69) is 30.1 Å². The van der Waals surface area contributed by atoms with E-state index in [9.17, 15) is 14.9 Å². The number of aromatic nitrogens is 2.